The molecule has 0 bridgehead atoms. The third kappa shape index (κ3) is 3.86. The van der Waals surface area contributed by atoms with Crippen molar-refractivity contribution in [2.75, 3.05) is 5.75 Å². The molecule has 0 atom stereocenters. The highest BCUT2D eigenvalue weighted by atomic mass is 35.5. The van der Waals surface area contributed by atoms with Crippen molar-refractivity contribution in [1.29, 1.82) is 0 Å². The first-order chi connectivity index (χ1) is 8.75. The highest BCUT2D eigenvalue weighted by Gasteiger charge is 2.06. The maximum Gasteiger partial charge on any atom is 0.147 e. The van der Waals surface area contributed by atoms with Crippen molar-refractivity contribution in [3.63, 3.8) is 0 Å². The number of thioether (sulfide) groups is 1. The van der Waals surface area contributed by atoms with Crippen LogP contribution in [0, 0.1) is 0 Å². The summed E-state index contributed by atoms with van der Waals surface area (Å²) in [6.07, 6.45) is 3.84. The zero-order chi connectivity index (χ0) is 12.8. The number of Topliss-reactive ketones (excluding diaryl/α,β-unsaturated/α-hetero) is 1. The Morgan fingerprint density at radius 3 is 2.78 bits per heavy atom. The van der Waals surface area contributed by atoms with Crippen molar-refractivity contribution in [3.8, 4) is 0 Å². The minimum atomic E-state index is 0.174. The Balaban J connectivity index is 1.88. The number of benzene rings is 1. The number of carbonyl (C=O) groups excluding carboxylic acids is 1. The van der Waals surface area contributed by atoms with Crippen molar-refractivity contribution in [2.45, 2.75) is 11.3 Å². The summed E-state index contributed by atoms with van der Waals surface area (Å²) in [5.74, 6) is 0.603. The number of hydrogen-bond acceptors (Lipinski definition) is 3. The van der Waals surface area contributed by atoms with Gasteiger partial charge in [-0.3, -0.25) is 9.78 Å². The number of pyridine rings is 1. The van der Waals surface area contributed by atoms with Crippen molar-refractivity contribution < 1.29 is 4.79 Å². The van der Waals surface area contributed by atoms with Gasteiger partial charge in [-0.2, -0.15) is 0 Å². The summed E-state index contributed by atoms with van der Waals surface area (Å²) < 4.78 is 0. The molecule has 0 aliphatic carbocycles. The van der Waals surface area contributed by atoms with E-state index in [0.717, 1.165) is 10.5 Å². The van der Waals surface area contributed by atoms with Gasteiger partial charge in [0.25, 0.3) is 0 Å². The molecule has 0 amide bonds. The molecule has 1 aromatic heterocycles. The van der Waals surface area contributed by atoms with Crippen LogP contribution < -0.4 is 0 Å². The van der Waals surface area contributed by atoms with Gasteiger partial charge < -0.3 is 0 Å². The molecular formula is C14H12ClNOS. The number of carbonyl (C=O) groups is 1. The van der Waals surface area contributed by atoms with Crippen LogP contribution in [-0.4, -0.2) is 16.5 Å². The lowest BCUT2D eigenvalue weighted by atomic mass is 10.2. The number of rotatable bonds is 5. The first-order valence-electron chi connectivity index (χ1n) is 5.53. The fraction of sp³-hybridized carbons (Fsp3) is 0.143. The molecule has 1 heterocycles. The Morgan fingerprint density at radius 1 is 1.22 bits per heavy atom. The molecule has 1 aromatic carbocycles. The molecule has 4 heteroatoms. The zero-order valence-corrected chi connectivity index (χ0v) is 11.2. The molecule has 0 aliphatic heterocycles. The van der Waals surface area contributed by atoms with Crippen molar-refractivity contribution in [3.05, 3.63) is 59.4 Å². The maximum atomic E-state index is 11.8. The molecule has 2 rings (SSSR count). The van der Waals surface area contributed by atoms with Gasteiger partial charge in [0, 0.05) is 23.7 Å². The van der Waals surface area contributed by atoms with Gasteiger partial charge in [-0.25, -0.2) is 0 Å². The minimum Gasteiger partial charge on any atom is -0.298 e. The van der Waals surface area contributed by atoms with E-state index in [0.29, 0.717) is 17.2 Å². The van der Waals surface area contributed by atoms with E-state index >= 15 is 0 Å². The Hall–Kier alpha value is -1.32. The molecule has 0 spiro atoms. The lowest BCUT2D eigenvalue weighted by Crippen LogP contribution is -2.05. The van der Waals surface area contributed by atoms with E-state index in [1.54, 1.807) is 12.4 Å². The number of aromatic nitrogens is 1. The van der Waals surface area contributed by atoms with Crippen LogP contribution in [0.1, 0.15) is 5.56 Å². The fourth-order valence-electron chi connectivity index (χ4n) is 1.50. The van der Waals surface area contributed by atoms with Crippen molar-refractivity contribution in [1.82, 2.24) is 4.98 Å². The molecule has 0 fully saturated rings. The van der Waals surface area contributed by atoms with E-state index in [4.69, 9.17) is 11.6 Å². The largest absolute Gasteiger partial charge is 0.298 e. The summed E-state index contributed by atoms with van der Waals surface area (Å²) in [4.78, 5) is 16.7. The Kier molecular flexibility index (Phi) is 4.79. The molecule has 2 nitrogen and oxygen atoms in total. The molecular weight excluding hydrogens is 266 g/mol. The summed E-state index contributed by atoms with van der Waals surface area (Å²) in [6, 6.07) is 11.3. The molecule has 0 unspecified atom stereocenters. The Labute approximate surface area is 115 Å². The van der Waals surface area contributed by atoms with Gasteiger partial charge >= 0.3 is 0 Å². The number of ketones is 1. The van der Waals surface area contributed by atoms with Gasteiger partial charge in [0.15, 0.2) is 0 Å². The highest BCUT2D eigenvalue weighted by molar-refractivity contribution is 8.00. The van der Waals surface area contributed by atoms with E-state index in [1.165, 1.54) is 11.8 Å². The number of nitrogens with zero attached hydrogens (tertiary/aromatic N) is 1. The van der Waals surface area contributed by atoms with Crippen LogP contribution in [0.25, 0.3) is 0 Å². The normalized spacial score (nSPS) is 10.3. The van der Waals surface area contributed by atoms with E-state index in [1.807, 2.05) is 36.4 Å². The standard InChI is InChI=1S/C14H12ClNOS/c15-13-5-1-2-6-14(13)18-10-12(17)8-11-4-3-7-16-9-11/h1-7,9H,8,10H2. The van der Waals surface area contributed by atoms with E-state index in [2.05, 4.69) is 4.98 Å². The number of halogens is 1. The monoisotopic (exact) mass is 277 g/mol. The third-order valence-corrected chi connectivity index (χ3v) is 3.92. The Bertz CT molecular complexity index is 530. The second-order valence-electron chi connectivity index (χ2n) is 3.80. The summed E-state index contributed by atoms with van der Waals surface area (Å²) in [7, 11) is 0. The van der Waals surface area contributed by atoms with Crippen LogP contribution in [0.5, 0.6) is 0 Å². The van der Waals surface area contributed by atoms with E-state index < -0.39 is 0 Å². The second kappa shape index (κ2) is 6.57. The van der Waals surface area contributed by atoms with Gasteiger partial charge in [-0.05, 0) is 23.8 Å². The third-order valence-electron chi connectivity index (χ3n) is 2.35. The first-order valence-corrected chi connectivity index (χ1v) is 6.90. The minimum absolute atomic E-state index is 0.174. The molecule has 92 valence electrons. The fourth-order valence-corrected chi connectivity index (χ4v) is 2.60. The highest BCUT2D eigenvalue weighted by Crippen LogP contribution is 2.26. The van der Waals surface area contributed by atoms with Crippen LogP contribution in [0.4, 0.5) is 0 Å². The lowest BCUT2D eigenvalue weighted by molar-refractivity contribution is -0.116. The van der Waals surface area contributed by atoms with Crippen molar-refractivity contribution in [2.24, 2.45) is 0 Å². The summed E-state index contributed by atoms with van der Waals surface area (Å²) in [5.41, 5.74) is 0.947. The van der Waals surface area contributed by atoms with E-state index in [-0.39, 0.29) is 5.78 Å². The van der Waals surface area contributed by atoms with Gasteiger partial charge in [0.2, 0.25) is 0 Å². The molecule has 0 aliphatic rings. The Morgan fingerprint density at radius 2 is 2.06 bits per heavy atom. The van der Waals surface area contributed by atoms with Gasteiger partial charge in [-0.1, -0.05) is 29.8 Å². The maximum absolute atomic E-state index is 11.8. The van der Waals surface area contributed by atoms with Crippen LogP contribution in [-0.2, 0) is 11.2 Å². The molecule has 0 saturated carbocycles. The van der Waals surface area contributed by atoms with Gasteiger partial charge in [-0.15, -0.1) is 11.8 Å². The molecule has 2 aromatic rings. The van der Waals surface area contributed by atoms with Crippen LogP contribution in [0.3, 0.4) is 0 Å². The predicted molar refractivity (Wildman–Crippen MR) is 75.1 cm³/mol. The summed E-state index contributed by atoms with van der Waals surface area (Å²) in [5, 5.41) is 0.691. The van der Waals surface area contributed by atoms with Crippen LogP contribution in [0.2, 0.25) is 5.02 Å². The molecule has 0 N–H and O–H groups in total. The SMILES string of the molecule is O=C(CSc1ccccc1Cl)Cc1cccnc1. The molecule has 0 saturated heterocycles. The molecule has 0 radical (unpaired) electrons. The predicted octanol–water partition coefficient (Wildman–Crippen LogP) is 3.64. The van der Waals surface area contributed by atoms with Gasteiger partial charge in [0.05, 0.1) is 10.8 Å². The van der Waals surface area contributed by atoms with Crippen LogP contribution >= 0.6 is 23.4 Å². The zero-order valence-electron chi connectivity index (χ0n) is 9.67. The lowest BCUT2D eigenvalue weighted by Gasteiger charge is -2.03. The average molecular weight is 278 g/mol. The first kappa shape index (κ1) is 13.1. The summed E-state index contributed by atoms with van der Waals surface area (Å²) in [6.45, 7) is 0. The van der Waals surface area contributed by atoms with Crippen molar-refractivity contribution >= 4 is 29.1 Å². The van der Waals surface area contributed by atoms with Gasteiger partial charge in [0.1, 0.15) is 5.78 Å². The quantitative estimate of drug-likeness (QED) is 0.782. The summed E-state index contributed by atoms with van der Waals surface area (Å²) >= 11 is 7.50. The topological polar surface area (TPSA) is 30.0 Å². The van der Waals surface area contributed by atoms with E-state index in [9.17, 15) is 4.79 Å². The van der Waals surface area contributed by atoms with Crippen LogP contribution in [0.15, 0.2) is 53.7 Å². The second-order valence-corrected chi connectivity index (χ2v) is 5.22. The average Bonchev–Trinajstić information content (AvgIpc) is 2.39. The number of hydrogen-bond donors (Lipinski definition) is 0. The smallest absolute Gasteiger partial charge is 0.147 e. The molecule has 18 heavy (non-hydrogen) atoms.